The zero-order valence-electron chi connectivity index (χ0n) is 23.5. The number of carbonyl (C=O) groups is 1. The molecule has 0 amide bonds. The second-order valence-electron chi connectivity index (χ2n) is 10.6. The van der Waals surface area contributed by atoms with Crippen LogP contribution in [-0.2, 0) is 6.54 Å². The molecule has 0 saturated carbocycles. The van der Waals surface area contributed by atoms with Gasteiger partial charge in [0, 0.05) is 18.3 Å². The Morgan fingerprint density at radius 3 is 2.19 bits per heavy atom. The largest absolute Gasteiger partial charge is 0.420 e. The first-order chi connectivity index (χ1) is 20.5. The minimum absolute atomic E-state index is 0.241. The van der Waals surface area contributed by atoms with E-state index >= 15 is 0 Å². The van der Waals surface area contributed by atoms with E-state index in [1.54, 1.807) is 12.1 Å². The summed E-state index contributed by atoms with van der Waals surface area (Å²) in [5.74, 6) is -0.408. The SMILES string of the molecule is CCCCCCCCCn1cc(OC(=O)c2ccc(F)cc2)c2c1nc(-c1ccc(F)cc1)n1c3ccccc3nc21. The number of benzene rings is 3. The number of para-hydroxylation sites is 2. The number of aromatic nitrogens is 4. The summed E-state index contributed by atoms with van der Waals surface area (Å²) in [7, 11) is 0. The number of esters is 1. The van der Waals surface area contributed by atoms with Gasteiger partial charge in [-0.25, -0.2) is 23.5 Å². The van der Waals surface area contributed by atoms with Gasteiger partial charge in [-0.1, -0.05) is 57.6 Å². The van der Waals surface area contributed by atoms with Gasteiger partial charge in [-0.2, -0.15) is 0 Å². The monoisotopic (exact) mass is 566 g/mol. The summed E-state index contributed by atoms with van der Waals surface area (Å²) in [4.78, 5) is 23.2. The van der Waals surface area contributed by atoms with Crippen molar-refractivity contribution in [2.24, 2.45) is 0 Å². The minimum atomic E-state index is -0.596. The van der Waals surface area contributed by atoms with E-state index in [0.717, 1.165) is 35.9 Å². The highest BCUT2D eigenvalue weighted by Crippen LogP contribution is 2.36. The van der Waals surface area contributed by atoms with Crippen LogP contribution >= 0.6 is 0 Å². The van der Waals surface area contributed by atoms with Crippen molar-refractivity contribution in [3.8, 4) is 17.1 Å². The number of hydrogen-bond acceptors (Lipinski definition) is 4. The Hall–Kier alpha value is -4.59. The van der Waals surface area contributed by atoms with Crippen molar-refractivity contribution in [1.29, 1.82) is 0 Å². The van der Waals surface area contributed by atoms with Gasteiger partial charge in [-0.15, -0.1) is 0 Å². The number of hydrogen-bond donors (Lipinski definition) is 0. The minimum Gasteiger partial charge on any atom is -0.420 e. The van der Waals surface area contributed by atoms with Gasteiger partial charge in [0.25, 0.3) is 0 Å². The number of unbranched alkanes of at least 4 members (excludes halogenated alkanes) is 6. The van der Waals surface area contributed by atoms with Crippen LogP contribution in [0.1, 0.15) is 62.2 Å². The molecule has 6 rings (SSSR count). The van der Waals surface area contributed by atoms with Crippen LogP contribution in [0, 0.1) is 11.6 Å². The molecule has 0 atom stereocenters. The molecule has 6 aromatic rings. The molecular formula is C34H32F2N4O2. The zero-order chi connectivity index (χ0) is 29.1. The van der Waals surface area contributed by atoms with Crippen molar-refractivity contribution < 1.29 is 18.3 Å². The number of ether oxygens (including phenoxy) is 1. The maximum atomic E-state index is 13.9. The van der Waals surface area contributed by atoms with E-state index < -0.39 is 11.8 Å². The lowest BCUT2D eigenvalue weighted by Crippen LogP contribution is -2.08. The predicted octanol–water partition coefficient (Wildman–Crippen LogP) is 8.75. The molecule has 8 heteroatoms. The first-order valence-corrected chi connectivity index (χ1v) is 14.6. The lowest BCUT2D eigenvalue weighted by atomic mass is 10.1. The normalized spacial score (nSPS) is 11.6. The molecule has 3 aromatic heterocycles. The molecular weight excluding hydrogens is 534 g/mol. The van der Waals surface area contributed by atoms with Crippen molar-refractivity contribution in [2.75, 3.05) is 0 Å². The topological polar surface area (TPSA) is 61.4 Å². The third kappa shape index (κ3) is 5.49. The molecule has 0 aliphatic rings. The molecule has 0 unspecified atom stereocenters. The molecule has 0 aliphatic carbocycles. The Bertz CT molecular complexity index is 1860. The number of nitrogens with zero attached hydrogens (tertiary/aromatic N) is 4. The fourth-order valence-corrected chi connectivity index (χ4v) is 5.43. The number of fused-ring (bicyclic) bond motifs is 5. The van der Waals surface area contributed by atoms with Crippen LogP contribution in [0.15, 0.2) is 79.0 Å². The van der Waals surface area contributed by atoms with Crippen molar-refractivity contribution >= 4 is 33.7 Å². The second kappa shape index (κ2) is 12.1. The van der Waals surface area contributed by atoms with Crippen LogP contribution < -0.4 is 4.74 Å². The summed E-state index contributed by atoms with van der Waals surface area (Å²) in [5.41, 5.74) is 3.78. The van der Waals surface area contributed by atoms with E-state index in [9.17, 15) is 13.6 Å². The van der Waals surface area contributed by atoms with E-state index in [4.69, 9.17) is 14.7 Å². The molecule has 42 heavy (non-hydrogen) atoms. The average Bonchev–Trinajstić information content (AvgIpc) is 3.55. The van der Waals surface area contributed by atoms with Crippen LogP contribution in [0.2, 0.25) is 0 Å². The Kier molecular flexibility index (Phi) is 7.95. The molecule has 0 N–H and O–H groups in total. The first-order valence-electron chi connectivity index (χ1n) is 14.6. The molecule has 0 bridgehead atoms. The molecule has 0 spiro atoms. The van der Waals surface area contributed by atoms with Gasteiger partial charge < -0.3 is 9.30 Å². The summed E-state index contributed by atoms with van der Waals surface area (Å²) in [5, 5.41) is 0.607. The molecule has 3 aromatic carbocycles. The van der Waals surface area contributed by atoms with E-state index in [0.29, 0.717) is 34.8 Å². The highest BCUT2D eigenvalue weighted by atomic mass is 19.1. The molecule has 0 fully saturated rings. The summed E-state index contributed by atoms with van der Waals surface area (Å²) in [6, 6.07) is 19.2. The number of aryl methyl sites for hydroxylation is 1. The number of carbonyl (C=O) groups excluding carboxylic acids is 1. The average molecular weight is 567 g/mol. The predicted molar refractivity (Wildman–Crippen MR) is 161 cm³/mol. The Balaban J connectivity index is 1.48. The highest BCUT2D eigenvalue weighted by Gasteiger charge is 2.23. The van der Waals surface area contributed by atoms with Gasteiger partial charge in [0.2, 0.25) is 0 Å². The summed E-state index contributed by atoms with van der Waals surface area (Å²) < 4.78 is 37.3. The molecule has 3 heterocycles. The summed E-state index contributed by atoms with van der Waals surface area (Å²) in [6.07, 6.45) is 9.93. The van der Waals surface area contributed by atoms with E-state index in [1.165, 1.54) is 62.1 Å². The van der Waals surface area contributed by atoms with Crippen LogP contribution in [0.3, 0.4) is 0 Å². The smallest absolute Gasteiger partial charge is 0.343 e. The van der Waals surface area contributed by atoms with Crippen LogP contribution in [-0.4, -0.2) is 24.9 Å². The van der Waals surface area contributed by atoms with Gasteiger partial charge in [-0.05, 0) is 67.1 Å². The molecule has 0 saturated heterocycles. The van der Waals surface area contributed by atoms with E-state index in [1.807, 2.05) is 39.4 Å². The molecule has 0 radical (unpaired) electrons. The van der Waals surface area contributed by atoms with Crippen molar-refractivity contribution in [1.82, 2.24) is 18.9 Å². The van der Waals surface area contributed by atoms with Crippen molar-refractivity contribution in [2.45, 2.75) is 58.4 Å². The summed E-state index contributed by atoms with van der Waals surface area (Å²) in [6.45, 7) is 2.90. The lowest BCUT2D eigenvalue weighted by molar-refractivity contribution is 0.0737. The Morgan fingerprint density at radius 2 is 1.45 bits per heavy atom. The fourth-order valence-electron chi connectivity index (χ4n) is 5.43. The number of imidazole rings is 1. The fraction of sp³-hybridized carbons (Fsp3) is 0.265. The number of rotatable bonds is 11. The zero-order valence-corrected chi connectivity index (χ0v) is 23.5. The Labute approximate surface area is 242 Å². The maximum absolute atomic E-state index is 13.9. The van der Waals surface area contributed by atoms with Crippen LogP contribution in [0.4, 0.5) is 8.78 Å². The van der Waals surface area contributed by atoms with Crippen LogP contribution in [0.5, 0.6) is 5.75 Å². The van der Waals surface area contributed by atoms with Crippen LogP contribution in [0.25, 0.3) is 39.1 Å². The lowest BCUT2D eigenvalue weighted by Gasteiger charge is -2.10. The standard InChI is InChI=1S/C34H32F2N4O2/c1-2-3-4-5-6-7-10-21-39-22-29(42-34(41)24-15-19-26(36)20-16-24)30-32(39)38-31(23-13-17-25(35)18-14-23)40-28-12-9-8-11-27(28)37-33(30)40/h8-9,11-20,22H,2-7,10,21H2,1H3. The number of halogens is 2. The van der Waals surface area contributed by atoms with Gasteiger partial charge in [0.05, 0.1) is 16.6 Å². The first kappa shape index (κ1) is 27.6. The van der Waals surface area contributed by atoms with Gasteiger partial charge in [0.15, 0.2) is 11.4 Å². The third-order valence-corrected chi connectivity index (χ3v) is 7.61. The second-order valence-corrected chi connectivity index (χ2v) is 10.6. The van der Waals surface area contributed by atoms with Gasteiger partial charge >= 0.3 is 5.97 Å². The summed E-state index contributed by atoms with van der Waals surface area (Å²) >= 11 is 0. The highest BCUT2D eigenvalue weighted by molar-refractivity contribution is 6.03. The molecule has 214 valence electrons. The molecule has 6 nitrogen and oxygen atoms in total. The van der Waals surface area contributed by atoms with Gasteiger partial charge in [-0.3, -0.25) is 4.40 Å². The maximum Gasteiger partial charge on any atom is 0.343 e. The van der Waals surface area contributed by atoms with Crippen molar-refractivity contribution in [3.63, 3.8) is 0 Å². The Morgan fingerprint density at radius 1 is 0.786 bits per heavy atom. The van der Waals surface area contributed by atoms with E-state index in [-0.39, 0.29) is 11.4 Å². The third-order valence-electron chi connectivity index (χ3n) is 7.61. The quantitative estimate of drug-likeness (QED) is 0.116. The molecule has 0 aliphatic heterocycles. The van der Waals surface area contributed by atoms with E-state index in [2.05, 4.69) is 6.92 Å². The van der Waals surface area contributed by atoms with Gasteiger partial charge in [0.1, 0.15) is 28.5 Å². The van der Waals surface area contributed by atoms with Crippen molar-refractivity contribution in [3.05, 3.63) is 96.2 Å².